The van der Waals surface area contributed by atoms with Crippen molar-refractivity contribution in [2.75, 3.05) is 26.9 Å². The average Bonchev–Trinajstić information content (AvgIpc) is 3.16. The molecule has 0 saturated carbocycles. The molecule has 0 aliphatic carbocycles. The smallest absolute Gasteiger partial charge is 0.354 e. The van der Waals surface area contributed by atoms with Crippen molar-refractivity contribution >= 4 is 11.9 Å². The summed E-state index contributed by atoms with van der Waals surface area (Å²) in [6.07, 6.45) is 3.73. The van der Waals surface area contributed by atoms with Gasteiger partial charge in [-0.1, -0.05) is 12.1 Å². The van der Waals surface area contributed by atoms with Crippen LogP contribution in [0.4, 0.5) is 0 Å². The number of hydrogen-bond donors (Lipinski definition) is 2. The number of ether oxygens (including phenoxy) is 2. The van der Waals surface area contributed by atoms with Gasteiger partial charge < -0.3 is 19.8 Å². The Labute approximate surface area is 146 Å². The van der Waals surface area contributed by atoms with E-state index in [-0.39, 0.29) is 5.91 Å². The molecule has 132 valence electrons. The molecule has 0 radical (unpaired) electrons. The third-order valence-electron chi connectivity index (χ3n) is 4.46. The van der Waals surface area contributed by atoms with Crippen LogP contribution in [0, 0.1) is 5.92 Å². The summed E-state index contributed by atoms with van der Waals surface area (Å²) in [7, 11) is 1.34. The zero-order valence-electron chi connectivity index (χ0n) is 14.2. The van der Waals surface area contributed by atoms with E-state index in [0.29, 0.717) is 23.7 Å². The van der Waals surface area contributed by atoms with Gasteiger partial charge in [0.05, 0.1) is 7.11 Å². The highest BCUT2D eigenvalue weighted by Gasteiger charge is 2.15. The SMILES string of the molecule is COC(=O)c1cc(-c2ccc(C(=O)NCC3CCOCC3)cc2)c[nH]1. The largest absolute Gasteiger partial charge is 0.464 e. The van der Waals surface area contributed by atoms with Crippen LogP contribution in [-0.2, 0) is 9.47 Å². The quantitative estimate of drug-likeness (QED) is 0.819. The zero-order chi connectivity index (χ0) is 17.6. The maximum absolute atomic E-state index is 12.3. The number of carbonyl (C=O) groups is 2. The second-order valence-corrected chi connectivity index (χ2v) is 6.14. The Morgan fingerprint density at radius 1 is 1.20 bits per heavy atom. The van der Waals surface area contributed by atoms with Gasteiger partial charge in [0.2, 0.25) is 0 Å². The summed E-state index contributed by atoms with van der Waals surface area (Å²) in [5.74, 6) is 0.0197. The predicted molar refractivity (Wildman–Crippen MR) is 93.4 cm³/mol. The molecule has 0 unspecified atom stereocenters. The van der Waals surface area contributed by atoms with E-state index < -0.39 is 5.97 Å². The molecular formula is C19H22N2O4. The molecule has 1 aromatic carbocycles. The van der Waals surface area contributed by atoms with Crippen molar-refractivity contribution in [1.29, 1.82) is 0 Å². The molecule has 1 aromatic heterocycles. The molecule has 1 aliphatic rings. The average molecular weight is 342 g/mol. The van der Waals surface area contributed by atoms with Gasteiger partial charge in [-0.15, -0.1) is 0 Å². The fourth-order valence-corrected chi connectivity index (χ4v) is 2.89. The molecule has 2 heterocycles. The summed E-state index contributed by atoms with van der Waals surface area (Å²) in [4.78, 5) is 26.6. The molecule has 1 aliphatic heterocycles. The second-order valence-electron chi connectivity index (χ2n) is 6.14. The van der Waals surface area contributed by atoms with Gasteiger partial charge in [-0.25, -0.2) is 4.79 Å². The molecule has 0 spiro atoms. The number of aromatic amines is 1. The molecular weight excluding hydrogens is 320 g/mol. The number of aromatic nitrogens is 1. The summed E-state index contributed by atoms with van der Waals surface area (Å²) < 4.78 is 10.0. The molecule has 6 heteroatoms. The Kier molecular flexibility index (Phi) is 5.50. The number of methoxy groups -OCH3 is 1. The van der Waals surface area contributed by atoms with Crippen LogP contribution in [0.5, 0.6) is 0 Å². The van der Waals surface area contributed by atoms with Gasteiger partial charge in [-0.05, 0) is 48.1 Å². The molecule has 6 nitrogen and oxygen atoms in total. The Bertz CT molecular complexity index is 730. The molecule has 2 aromatic rings. The van der Waals surface area contributed by atoms with Gasteiger partial charge >= 0.3 is 5.97 Å². The van der Waals surface area contributed by atoms with E-state index in [9.17, 15) is 9.59 Å². The number of nitrogens with one attached hydrogen (secondary N) is 2. The molecule has 25 heavy (non-hydrogen) atoms. The normalized spacial score (nSPS) is 14.9. The Morgan fingerprint density at radius 2 is 1.92 bits per heavy atom. The lowest BCUT2D eigenvalue weighted by Gasteiger charge is -2.22. The second kappa shape index (κ2) is 7.98. The minimum absolute atomic E-state index is 0.0673. The van der Waals surface area contributed by atoms with E-state index in [1.54, 1.807) is 24.4 Å². The van der Waals surface area contributed by atoms with E-state index in [1.165, 1.54) is 7.11 Å². The van der Waals surface area contributed by atoms with E-state index in [0.717, 1.165) is 37.2 Å². The number of benzene rings is 1. The first-order valence-electron chi connectivity index (χ1n) is 8.40. The number of hydrogen-bond acceptors (Lipinski definition) is 4. The van der Waals surface area contributed by atoms with Crippen molar-refractivity contribution in [3.8, 4) is 11.1 Å². The molecule has 0 bridgehead atoms. The highest BCUT2D eigenvalue weighted by Crippen LogP contribution is 2.21. The Balaban J connectivity index is 1.60. The van der Waals surface area contributed by atoms with Crippen molar-refractivity contribution in [3.63, 3.8) is 0 Å². The zero-order valence-corrected chi connectivity index (χ0v) is 14.2. The maximum atomic E-state index is 12.3. The minimum atomic E-state index is -0.407. The van der Waals surface area contributed by atoms with Crippen LogP contribution < -0.4 is 5.32 Å². The Hall–Kier alpha value is -2.60. The van der Waals surface area contributed by atoms with Crippen LogP contribution in [0.15, 0.2) is 36.5 Å². The minimum Gasteiger partial charge on any atom is -0.464 e. The molecule has 1 amide bonds. The van der Waals surface area contributed by atoms with Crippen LogP contribution in [0.25, 0.3) is 11.1 Å². The number of esters is 1. The third-order valence-corrected chi connectivity index (χ3v) is 4.46. The summed E-state index contributed by atoms with van der Waals surface area (Å²) >= 11 is 0. The molecule has 1 fully saturated rings. The first kappa shape index (κ1) is 17.2. The maximum Gasteiger partial charge on any atom is 0.354 e. The molecule has 2 N–H and O–H groups in total. The predicted octanol–water partition coefficient (Wildman–Crippen LogP) is 2.62. The first-order chi connectivity index (χ1) is 12.2. The fourth-order valence-electron chi connectivity index (χ4n) is 2.89. The van der Waals surface area contributed by atoms with E-state index >= 15 is 0 Å². The van der Waals surface area contributed by atoms with Gasteiger partial charge in [-0.3, -0.25) is 4.79 Å². The standard InChI is InChI=1S/C19H22N2O4/c1-24-19(23)17-10-16(12-20-17)14-2-4-15(5-3-14)18(22)21-11-13-6-8-25-9-7-13/h2-5,10,12-13,20H,6-9,11H2,1H3,(H,21,22). The third kappa shape index (κ3) is 4.28. The number of carbonyl (C=O) groups excluding carboxylic acids is 2. The lowest BCUT2D eigenvalue weighted by Crippen LogP contribution is -2.32. The van der Waals surface area contributed by atoms with Crippen molar-refractivity contribution in [2.45, 2.75) is 12.8 Å². The van der Waals surface area contributed by atoms with Gasteiger partial charge in [0.1, 0.15) is 5.69 Å². The van der Waals surface area contributed by atoms with Crippen LogP contribution in [0.1, 0.15) is 33.7 Å². The molecule has 1 saturated heterocycles. The van der Waals surface area contributed by atoms with Crippen LogP contribution in [-0.4, -0.2) is 43.7 Å². The fraction of sp³-hybridized carbons (Fsp3) is 0.368. The summed E-state index contributed by atoms with van der Waals surface area (Å²) in [6.45, 7) is 2.24. The van der Waals surface area contributed by atoms with Crippen LogP contribution in [0.3, 0.4) is 0 Å². The van der Waals surface area contributed by atoms with Gasteiger partial charge in [0.25, 0.3) is 5.91 Å². The number of H-pyrrole nitrogens is 1. The number of amides is 1. The number of rotatable bonds is 5. The van der Waals surface area contributed by atoms with Crippen molar-refractivity contribution in [2.24, 2.45) is 5.92 Å². The summed E-state index contributed by atoms with van der Waals surface area (Å²) in [5, 5.41) is 2.99. The lowest BCUT2D eigenvalue weighted by atomic mass is 10.0. The van der Waals surface area contributed by atoms with E-state index in [4.69, 9.17) is 4.74 Å². The van der Waals surface area contributed by atoms with Crippen LogP contribution >= 0.6 is 0 Å². The van der Waals surface area contributed by atoms with Gasteiger partial charge in [-0.2, -0.15) is 0 Å². The summed E-state index contributed by atoms with van der Waals surface area (Å²) in [5.41, 5.74) is 2.82. The monoisotopic (exact) mass is 342 g/mol. The van der Waals surface area contributed by atoms with E-state index in [2.05, 4.69) is 15.0 Å². The van der Waals surface area contributed by atoms with Gasteiger partial charge in [0.15, 0.2) is 0 Å². The van der Waals surface area contributed by atoms with Crippen LogP contribution in [0.2, 0.25) is 0 Å². The molecule has 3 rings (SSSR count). The van der Waals surface area contributed by atoms with Crippen molar-refractivity contribution in [1.82, 2.24) is 10.3 Å². The van der Waals surface area contributed by atoms with Crippen molar-refractivity contribution in [3.05, 3.63) is 47.8 Å². The van der Waals surface area contributed by atoms with E-state index in [1.807, 2.05) is 12.1 Å². The van der Waals surface area contributed by atoms with Gasteiger partial charge in [0, 0.05) is 31.5 Å². The first-order valence-corrected chi connectivity index (χ1v) is 8.40. The highest BCUT2D eigenvalue weighted by atomic mass is 16.5. The summed E-state index contributed by atoms with van der Waals surface area (Å²) in [6, 6.07) is 9.05. The topological polar surface area (TPSA) is 80.4 Å². The lowest BCUT2D eigenvalue weighted by molar-refractivity contribution is 0.0594. The molecule has 0 atom stereocenters. The van der Waals surface area contributed by atoms with Crippen molar-refractivity contribution < 1.29 is 19.1 Å². The highest BCUT2D eigenvalue weighted by molar-refractivity contribution is 5.95. The Morgan fingerprint density at radius 3 is 2.60 bits per heavy atom.